The third-order valence-corrected chi connectivity index (χ3v) is 7.95. The zero-order valence-corrected chi connectivity index (χ0v) is 23.7. The fourth-order valence-electron chi connectivity index (χ4n) is 5.69. The van der Waals surface area contributed by atoms with Crippen LogP contribution >= 0.6 is 0 Å². The predicted octanol–water partition coefficient (Wildman–Crippen LogP) is 3.38. The van der Waals surface area contributed by atoms with Gasteiger partial charge in [-0.25, -0.2) is 32.5 Å². The molecule has 2 aromatic heterocycles. The zero-order chi connectivity index (χ0) is 30.0. The smallest absolute Gasteiger partial charge is 0.350 e. The molecule has 222 valence electrons. The van der Waals surface area contributed by atoms with Crippen molar-refractivity contribution in [3.8, 4) is 5.69 Å². The number of halogens is 2. The highest BCUT2D eigenvalue weighted by molar-refractivity contribution is 5.57. The molecule has 10 nitrogen and oxygen atoms in total. The molecule has 3 heterocycles. The van der Waals surface area contributed by atoms with E-state index < -0.39 is 29.5 Å². The Balaban J connectivity index is 1.18. The van der Waals surface area contributed by atoms with Crippen LogP contribution in [-0.4, -0.2) is 60.4 Å². The van der Waals surface area contributed by atoms with Crippen molar-refractivity contribution in [1.29, 1.82) is 0 Å². The Kier molecular flexibility index (Phi) is 7.76. The summed E-state index contributed by atoms with van der Waals surface area (Å²) in [4.78, 5) is 22.0. The number of aromatic nitrogens is 6. The van der Waals surface area contributed by atoms with Crippen LogP contribution in [0, 0.1) is 11.6 Å². The van der Waals surface area contributed by atoms with Crippen LogP contribution in [0.2, 0.25) is 0 Å². The monoisotopic (exact) mass is 586 g/mol. The van der Waals surface area contributed by atoms with Gasteiger partial charge in [-0.15, -0.1) is 0 Å². The highest BCUT2D eigenvalue weighted by Crippen LogP contribution is 2.28. The Labute approximate surface area is 247 Å². The Morgan fingerprint density at radius 2 is 1.58 bits per heavy atom. The second kappa shape index (κ2) is 11.8. The first-order chi connectivity index (χ1) is 20.8. The largest absolute Gasteiger partial charge is 0.381 e. The normalized spacial score (nSPS) is 15.1. The Hall–Kier alpha value is -4.84. The van der Waals surface area contributed by atoms with Crippen molar-refractivity contribution in [2.45, 2.75) is 32.0 Å². The number of piperazine rings is 1. The number of para-hydroxylation sites is 1. The van der Waals surface area contributed by atoms with Gasteiger partial charge >= 0.3 is 5.69 Å². The fourth-order valence-corrected chi connectivity index (χ4v) is 5.69. The first-order valence-corrected chi connectivity index (χ1v) is 14.2. The molecule has 1 aliphatic heterocycles. The summed E-state index contributed by atoms with van der Waals surface area (Å²) >= 11 is 0. The van der Waals surface area contributed by atoms with E-state index in [9.17, 15) is 18.7 Å². The van der Waals surface area contributed by atoms with Gasteiger partial charge in [0.1, 0.15) is 36.2 Å². The molecule has 1 N–H and O–H groups in total. The topological polar surface area (TPSA) is 97.2 Å². The van der Waals surface area contributed by atoms with Gasteiger partial charge in [-0.05, 0) is 48.4 Å². The summed E-state index contributed by atoms with van der Waals surface area (Å²) in [6.45, 7) is 5.12. The van der Waals surface area contributed by atoms with Gasteiger partial charge < -0.3 is 14.9 Å². The summed E-state index contributed by atoms with van der Waals surface area (Å²) in [5.74, 6) is -1.72. The molecule has 43 heavy (non-hydrogen) atoms. The molecule has 1 fully saturated rings. The lowest BCUT2D eigenvalue weighted by atomic mass is 9.93. The minimum absolute atomic E-state index is 0.187. The molecule has 12 heteroatoms. The van der Waals surface area contributed by atoms with Crippen molar-refractivity contribution < 1.29 is 13.9 Å². The van der Waals surface area contributed by atoms with Crippen LogP contribution in [0.25, 0.3) is 5.69 Å². The number of benzene rings is 3. The highest BCUT2D eigenvalue weighted by atomic mass is 19.1. The van der Waals surface area contributed by atoms with Gasteiger partial charge in [-0.2, -0.15) is 10.2 Å². The molecule has 1 unspecified atom stereocenters. The van der Waals surface area contributed by atoms with E-state index in [1.54, 1.807) is 0 Å². The summed E-state index contributed by atoms with van der Waals surface area (Å²) in [6.07, 6.45) is 4.99. The molecule has 5 aromatic rings. The first-order valence-electron chi connectivity index (χ1n) is 14.2. The average molecular weight is 587 g/mol. The van der Waals surface area contributed by atoms with E-state index in [1.807, 2.05) is 24.3 Å². The third kappa shape index (κ3) is 5.78. The van der Waals surface area contributed by atoms with Crippen molar-refractivity contribution in [3.63, 3.8) is 0 Å². The molecular formula is C31H32F2N8O2. The SMILES string of the molecule is CCc1ccccc1N1CCN(c2ccc(-n3cnn(CC(O)(Cn4cncn4)c4ccc(F)cc4F)c3=O)cc2)CC1. The van der Waals surface area contributed by atoms with Crippen LogP contribution in [0.15, 0.2) is 90.5 Å². The van der Waals surface area contributed by atoms with Gasteiger partial charge in [0.05, 0.1) is 18.8 Å². The van der Waals surface area contributed by atoms with Crippen LogP contribution in [0.3, 0.4) is 0 Å². The lowest BCUT2D eigenvalue weighted by Gasteiger charge is -2.38. The average Bonchev–Trinajstić information content (AvgIpc) is 3.66. The van der Waals surface area contributed by atoms with E-state index in [-0.39, 0.29) is 12.1 Å². The molecule has 6 rings (SSSR count). The van der Waals surface area contributed by atoms with Crippen molar-refractivity contribution in [2.75, 3.05) is 36.0 Å². The molecule has 3 aromatic carbocycles. The Bertz CT molecular complexity index is 1740. The van der Waals surface area contributed by atoms with E-state index in [0.29, 0.717) is 11.8 Å². The number of rotatable bonds is 9. The van der Waals surface area contributed by atoms with Crippen LogP contribution in [0.4, 0.5) is 20.2 Å². The van der Waals surface area contributed by atoms with Gasteiger partial charge in [0, 0.05) is 49.2 Å². The minimum atomic E-state index is -1.97. The standard InChI is InChI=1S/C31H32F2N8O2/c1-2-23-5-3-4-6-29(23)38-15-13-37(14-16-38)25-8-10-26(11-9-25)40-22-36-41(30(40)42)19-31(43,18-39-21-34-20-35-39)27-12-7-24(32)17-28(27)33/h3-12,17,20-22,43H,2,13-16,18-19H2,1H3. The Morgan fingerprint density at radius 1 is 0.860 bits per heavy atom. The van der Waals surface area contributed by atoms with Crippen LogP contribution in [-0.2, 0) is 25.1 Å². The highest BCUT2D eigenvalue weighted by Gasteiger charge is 2.35. The molecule has 1 aliphatic rings. The molecular weight excluding hydrogens is 554 g/mol. The van der Waals surface area contributed by atoms with Crippen LogP contribution in [0.5, 0.6) is 0 Å². The predicted molar refractivity (Wildman–Crippen MR) is 158 cm³/mol. The van der Waals surface area contributed by atoms with Crippen LogP contribution in [0.1, 0.15) is 18.1 Å². The van der Waals surface area contributed by atoms with Crippen LogP contribution < -0.4 is 15.5 Å². The number of hydrogen-bond acceptors (Lipinski definition) is 7. The van der Waals surface area contributed by atoms with Gasteiger partial charge in [-0.3, -0.25) is 0 Å². The van der Waals surface area contributed by atoms with E-state index in [4.69, 9.17) is 0 Å². The quantitative estimate of drug-likeness (QED) is 0.283. The van der Waals surface area contributed by atoms with E-state index in [2.05, 4.69) is 56.2 Å². The molecule has 0 bridgehead atoms. The number of hydrogen-bond donors (Lipinski definition) is 1. The van der Waals surface area contributed by atoms with E-state index in [1.165, 1.54) is 39.5 Å². The second-order valence-electron chi connectivity index (χ2n) is 10.7. The summed E-state index contributed by atoms with van der Waals surface area (Å²) in [5, 5.41) is 19.8. The van der Waals surface area contributed by atoms with E-state index in [0.717, 1.165) is 55.1 Å². The van der Waals surface area contributed by atoms with Crippen molar-refractivity contribution >= 4 is 11.4 Å². The molecule has 0 aliphatic carbocycles. The zero-order valence-electron chi connectivity index (χ0n) is 23.7. The summed E-state index contributed by atoms with van der Waals surface area (Å²) in [6, 6.07) is 19.1. The maximum Gasteiger partial charge on any atom is 0.350 e. The summed E-state index contributed by atoms with van der Waals surface area (Å²) < 4.78 is 32.2. The second-order valence-corrected chi connectivity index (χ2v) is 10.7. The van der Waals surface area contributed by atoms with E-state index >= 15 is 0 Å². The number of anilines is 2. The maximum atomic E-state index is 14.8. The first kappa shape index (κ1) is 28.3. The molecule has 1 saturated heterocycles. The molecule has 1 atom stereocenters. The van der Waals surface area contributed by atoms with Gasteiger partial charge in [-0.1, -0.05) is 31.2 Å². The number of aryl methyl sites for hydroxylation is 1. The number of aliphatic hydroxyl groups is 1. The lowest BCUT2D eigenvalue weighted by molar-refractivity contribution is -0.00948. The van der Waals surface area contributed by atoms with Gasteiger partial charge in [0.25, 0.3) is 0 Å². The van der Waals surface area contributed by atoms with Crippen molar-refractivity contribution in [2.24, 2.45) is 0 Å². The third-order valence-electron chi connectivity index (χ3n) is 7.95. The minimum Gasteiger partial charge on any atom is -0.381 e. The molecule has 0 spiro atoms. The lowest BCUT2D eigenvalue weighted by Crippen LogP contribution is -2.46. The maximum absolute atomic E-state index is 14.8. The van der Waals surface area contributed by atoms with Gasteiger partial charge in [0.2, 0.25) is 0 Å². The number of nitrogens with zero attached hydrogens (tertiary/aromatic N) is 8. The summed E-state index contributed by atoms with van der Waals surface area (Å²) in [5.41, 5.74) is 1.63. The van der Waals surface area contributed by atoms with Crippen molar-refractivity contribution in [1.82, 2.24) is 29.1 Å². The molecule has 0 amide bonds. The Morgan fingerprint density at radius 3 is 2.28 bits per heavy atom. The molecule has 0 radical (unpaired) electrons. The fraction of sp³-hybridized carbons (Fsp3) is 0.290. The molecule has 0 saturated carbocycles. The van der Waals surface area contributed by atoms with Gasteiger partial charge in [0.15, 0.2) is 0 Å². The van der Waals surface area contributed by atoms with Crippen molar-refractivity contribution in [3.05, 3.63) is 119 Å². The summed E-state index contributed by atoms with van der Waals surface area (Å²) in [7, 11) is 0.